The molecule has 164 valence electrons. The smallest absolute Gasteiger partial charge is 0.405 e. The molecule has 4 aliphatic carbocycles. The highest BCUT2D eigenvalue weighted by Gasteiger charge is 2.50. The monoisotopic (exact) mass is 445 g/mol. The lowest BCUT2D eigenvalue weighted by atomic mass is 9.66. The van der Waals surface area contributed by atoms with Crippen LogP contribution >= 0.6 is 0 Å². The Morgan fingerprint density at radius 2 is 1.79 bits per heavy atom. The fourth-order valence-electron chi connectivity index (χ4n) is 5.41. The molecule has 0 saturated carbocycles. The Balaban J connectivity index is 1.64. The maximum atomic E-state index is 13.5. The second-order valence-corrected chi connectivity index (χ2v) is 8.49. The summed E-state index contributed by atoms with van der Waals surface area (Å²) in [5, 5.41) is 11.7. The van der Waals surface area contributed by atoms with Crippen LogP contribution < -0.4 is 0 Å². The van der Waals surface area contributed by atoms with Crippen molar-refractivity contribution >= 4 is 11.8 Å². The fourth-order valence-corrected chi connectivity index (χ4v) is 5.41. The Kier molecular flexibility index (Phi) is 4.05. The molecule has 1 aromatic heterocycles. The number of rotatable bonds is 2. The molecule has 0 bridgehead atoms. The standard InChI is InChI=1S/C27H18F3NO2/c28-27(29,30)33-24-20-16-22-17(5-4-12-26(22,32)19-9-13-31-14-10-19)15-23(20)25-11-2-1-6-18(25)7-3-8-21(24)25/h1-11,13-16,32H,12H2. The number of hydrogen-bond acceptors (Lipinski definition) is 3. The molecule has 2 atom stereocenters. The van der Waals surface area contributed by atoms with Crippen LogP contribution in [0.2, 0.25) is 0 Å². The molecule has 4 aliphatic rings. The van der Waals surface area contributed by atoms with E-state index in [1.54, 1.807) is 42.7 Å². The van der Waals surface area contributed by atoms with E-state index in [9.17, 15) is 18.3 Å². The molecule has 6 heteroatoms. The van der Waals surface area contributed by atoms with Gasteiger partial charge >= 0.3 is 6.36 Å². The lowest BCUT2D eigenvalue weighted by Gasteiger charge is -2.36. The summed E-state index contributed by atoms with van der Waals surface area (Å²) in [5.74, 6) is -0.228. The molecule has 1 N–H and O–H groups in total. The maximum Gasteiger partial charge on any atom is 0.573 e. The van der Waals surface area contributed by atoms with Gasteiger partial charge in [0.25, 0.3) is 0 Å². The minimum absolute atomic E-state index is 0.228. The molecule has 6 rings (SSSR count). The van der Waals surface area contributed by atoms with Gasteiger partial charge in [-0.3, -0.25) is 4.98 Å². The van der Waals surface area contributed by atoms with Gasteiger partial charge < -0.3 is 9.84 Å². The topological polar surface area (TPSA) is 42.4 Å². The van der Waals surface area contributed by atoms with E-state index in [4.69, 9.17) is 0 Å². The zero-order valence-corrected chi connectivity index (χ0v) is 17.3. The van der Waals surface area contributed by atoms with Crippen molar-refractivity contribution in [1.82, 2.24) is 4.98 Å². The Morgan fingerprint density at radius 3 is 2.58 bits per heavy atom. The van der Waals surface area contributed by atoms with Crippen LogP contribution in [0.1, 0.15) is 34.2 Å². The second-order valence-electron chi connectivity index (χ2n) is 8.49. The molecule has 1 heterocycles. The van der Waals surface area contributed by atoms with Crippen molar-refractivity contribution in [1.29, 1.82) is 0 Å². The number of pyridine rings is 1. The Labute approximate surface area is 188 Å². The number of halogens is 3. The van der Waals surface area contributed by atoms with Crippen molar-refractivity contribution in [3.8, 4) is 0 Å². The molecule has 0 saturated heterocycles. The Morgan fingerprint density at radius 1 is 0.970 bits per heavy atom. The van der Waals surface area contributed by atoms with Gasteiger partial charge in [-0.05, 0) is 52.1 Å². The quantitative estimate of drug-likeness (QED) is 0.630. The molecule has 2 unspecified atom stereocenters. The predicted molar refractivity (Wildman–Crippen MR) is 119 cm³/mol. The summed E-state index contributed by atoms with van der Waals surface area (Å²) in [6.45, 7) is 0. The molecule has 1 spiro atoms. The zero-order valence-electron chi connectivity index (χ0n) is 17.3. The summed E-state index contributed by atoms with van der Waals surface area (Å²) in [4.78, 5) is 4.02. The minimum atomic E-state index is -4.86. The number of ether oxygens (including phenoxy) is 1. The number of aromatic nitrogens is 1. The Bertz CT molecular complexity index is 1360. The molecule has 0 radical (unpaired) electrons. The van der Waals surface area contributed by atoms with E-state index in [1.165, 1.54) is 0 Å². The SMILES string of the molecule is OC1(c2ccncc2)CC=Cc2cc3c(cc21)C(OC(F)(F)F)=C1C=CC=C2C=CC=CC213. The summed E-state index contributed by atoms with van der Waals surface area (Å²) in [6.07, 6.45) is 15.3. The van der Waals surface area contributed by atoms with Gasteiger partial charge in [-0.1, -0.05) is 54.7 Å². The molecule has 3 nitrogen and oxygen atoms in total. The summed E-state index contributed by atoms with van der Waals surface area (Å²) < 4.78 is 45.3. The van der Waals surface area contributed by atoms with Gasteiger partial charge in [0.05, 0.1) is 5.41 Å². The van der Waals surface area contributed by atoms with Crippen LogP contribution in [0.4, 0.5) is 13.2 Å². The first kappa shape index (κ1) is 20.0. The van der Waals surface area contributed by atoms with Crippen molar-refractivity contribution in [2.45, 2.75) is 23.8 Å². The number of alkyl halides is 3. The van der Waals surface area contributed by atoms with Gasteiger partial charge in [-0.25, -0.2) is 0 Å². The van der Waals surface area contributed by atoms with E-state index >= 15 is 0 Å². The Hall–Kier alpha value is -3.64. The van der Waals surface area contributed by atoms with Gasteiger partial charge in [0.2, 0.25) is 0 Å². The number of hydrogen-bond donors (Lipinski definition) is 1. The zero-order chi connectivity index (χ0) is 22.8. The first-order valence-corrected chi connectivity index (χ1v) is 10.6. The minimum Gasteiger partial charge on any atom is -0.405 e. The van der Waals surface area contributed by atoms with Crippen molar-refractivity contribution in [2.75, 3.05) is 0 Å². The third-order valence-corrected chi connectivity index (χ3v) is 6.79. The number of aliphatic hydroxyl groups is 1. The van der Waals surface area contributed by atoms with Gasteiger partial charge in [-0.2, -0.15) is 0 Å². The van der Waals surface area contributed by atoms with Crippen LogP contribution in [-0.4, -0.2) is 16.5 Å². The van der Waals surface area contributed by atoms with Crippen LogP contribution in [0.5, 0.6) is 0 Å². The molecule has 1 aromatic carbocycles. The predicted octanol–water partition coefficient (Wildman–Crippen LogP) is 5.86. The van der Waals surface area contributed by atoms with Crippen LogP contribution in [0, 0.1) is 0 Å². The van der Waals surface area contributed by atoms with Crippen LogP contribution in [-0.2, 0) is 15.8 Å². The van der Waals surface area contributed by atoms with E-state index < -0.39 is 17.4 Å². The first-order valence-electron chi connectivity index (χ1n) is 10.6. The summed E-state index contributed by atoms with van der Waals surface area (Å²) in [6, 6.07) is 6.99. The van der Waals surface area contributed by atoms with Gasteiger partial charge in [0.1, 0.15) is 11.4 Å². The van der Waals surface area contributed by atoms with Crippen molar-refractivity contribution in [3.63, 3.8) is 0 Å². The highest BCUT2D eigenvalue weighted by atomic mass is 19.4. The number of benzene rings is 1. The number of allylic oxidation sites excluding steroid dienone is 9. The van der Waals surface area contributed by atoms with Crippen molar-refractivity contribution in [2.24, 2.45) is 0 Å². The molecular weight excluding hydrogens is 427 g/mol. The average molecular weight is 445 g/mol. The van der Waals surface area contributed by atoms with Gasteiger partial charge in [0, 0.05) is 30.0 Å². The van der Waals surface area contributed by atoms with Crippen LogP contribution in [0.25, 0.3) is 11.8 Å². The largest absolute Gasteiger partial charge is 0.573 e. The summed E-state index contributed by atoms with van der Waals surface area (Å²) in [5.41, 5.74) is 2.02. The third-order valence-electron chi connectivity index (χ3n) is 6.79. The van der Waals surface area contributed by atoms with E-state index in [0.29, 0.717) is 34.2 Å². The average Bonchev–Trinajstić information content (AvgIpc) is 3.06. The van der Waals surface area contributed by atoms with Gasteiger partial charge in [0.15, 0.2) is 0 Å². The molecule has 0 fully saturated rings. The molecule has 0 aliphatic heterocycles. The van der Waals surface area contributed by atoms with E-state index in [2.05, 4.69) is 9.72 Å². The number of fused-ring (bicyclic) bond motifs is 2. The third kappa shape index (κ3) is 2.77. The van der Waals surface area contributed by atoms with Crippen molar-refractivity contribution in [3.05, 3.63) is 124 Å². The van der Waals surface area contributed by atoms with Crippen LogP contribution in [0.3, 0.4) is 0 Å². The molecular formula is C27H18F3NO2. The maximum absolute atomic E-state index is 13.5. The lowest BCUT2D eigenvalue weighted by molar-refractivity contribution is -0.290. The van der Waals surface area contributed by atoms with E-state index in [0.717, 1.165) is 11.1 Å². The summed E-state index contributed by atoms with van der Waals surface area (Å²) in [7, 11) is 0. The van der Waals surface area contributed by atoms with Crippen molar-refractivity contribution < 1.29 is 23.0 Å². The highest BCUT2D eigenvalue weighted by Crippen LogP contribution is 2.57. The lowest BCUT2D eigenvalue weighted by Crippen LogP contribution is -2.31. The first-order chi connectivity index (χ1) is 15.8. The fraction of sp³-hybridized carbons (Fsp3) is 0.148. The molecule has 2 aromatic rings. The van der Waals surface area contributed by atoms with Gasteiger partial charge in [-0.15, -0.1) is 13.2 Å². The summed E-state index contributed by atoms with van der Waals surface area (Å²) >= 11 is 0. The molecule has 33 heavy (non-hydrogen) atoms. The molecule has 0 amide bonds. The highest BCUT2D eigenvalue weighted by molar-refractivity contribution is 5.87. The van der Waals surface area contributed by atoms with E-state index in [1.807, 2.05) is 48.6 Å². The van der Waals surface area contributed by atoms with Crippen LogP contribution in [0.15, 0.2) is 96.4 Å². The second kappa shape index (κ2) is 6.68. The number of nitrogens with zero attached hydrogens (tertiary/aromatic N) is 1. The van der Waals surface area contributed by atoms with E-state index in [-0.39, 0.29) is 5.76 Å². The normalized spacial score (nSPS) is 26.5.